The number of nitrogens with zero attached hydrogens (tertiary/aromatic N) is 2. The molecule has 0 spiro atoms. The van der Waals surface area contributed by atoms with Crippen LogP contribution in [-0.2, 0) is 6.54 Å². The molecule has 1 aromatic heterocycles. The van der Waals surface area contributed by atoms with Crippen molar-refractivity contribution in [3.05, 3.63) is 17.5 Å². The monoisotopic (exact) mass is 240 g/mol. The minimum atomic E-state index is -0.433. The lowest BCUT2D eigenvalue weighted by atomic mass is 10.3. The molecule has 0 saturated heterocycles. The van der Waals surface area contributed by atoms with Gasteiger partial charge in [0, 0.05) is 6.07 Å². The third-order valence-corrected chi connectivity index (χ3v) is 2.38. The number of nitrogens with two attached hydrogens (primary N) is 1. The predicted molar refractivity (Wildman–Crippen MR) is 64.0 cm³/mol. The summed E-state index contributed by atoms with van der Waals surface area (Å²) >= 11 is 0. The maximum absolute atomic E-state index is 11.2. The molecule has 17 heavy (non-hydrogen) atoms. The van der Waals surface area contributed by atoms with E-state index >= 15 is 0 Å². The number of carbonyl (C=O) groups is 1. The first-order valence-electron chi connectivity index (χ1n) is 5.90. The van der Waals surface area contributed by atoms with E-state index in [1.54, 1.807) is 6.07 Å². The van der Waals surface area contributed by atoms with Crippen molar-refractivity contribution in [3.63, 3.8) is 0 Å². The van der Waals surface area contributed by atoms with E-state index in [2.05, 4.69) is 23.9 Å². The summed E-state index contributed by atoms with van der Waals surface area (Å²) in [7, 11) is 0. The Morgan fingerprint density at radius 3 is 2.65 bits per heavy atom. The van der Waals surface area contributed by atoms with Crippen LogP contribution in [0, 0.1) is 0 Å². The third kappa shape index (κ3) is 4.16. The Bertz CT molecular complexity index is 345. The average molecular weight is 240 g/mol. The van der Waals surface area contributed by atoms with Gasteiger partial charge < -0.3 is 4.52 Å². The van der Waals surface area contributed by atoms with Crippen LogP contribution in [0.5, 0.6) is 0 Å². The SMILES string of the molecule is CCCN(CCC)Cc1cc(C(=O)NN)no1. The number of nitrogens with one attached hydrogen (secondary N) is 1. The molecule has 6 heteroatoms. The van der Waals surface area contributed by atoms with Crippen molar-refractivity contribution in [2.24, 2.45) is 5.84 Å². The average Bonchev–Trinajstić information content (AvgIpc) is 2.77. The van der Waals surface area contributed by atoms with Gasteiger partial charge in [-0.15, -0.1) is 0 Å². The predicted octanol–water partition coefficient (Wildman–Crippen LogP) is 0.900. The number of amides is 1. The van der Waals surface area contributed by atoms with Gasteiger partial charge in [0.15, 0.2) is 11.5 Å². The number of aromatic nitrogens is 1. The van der Waals surface area contributed by atoms with Crippen LogP contribution in [0.1, 0.15) is 42.9 Å². The minimum absolute atomic E-state index is 0.218. The number of hydrogen-bond donors (Lipinski definition) is 2. The molecule has 6 nitrogen and oxygen atoms in total. The van der Waals surface area contributed by atoms with E-state index in [-0.39, 0.29) is 5.69 Å². The minimum Gasteiger partial charge on any atom is -0.359 e. The smallest absolute Gasteiger partial charge is 0.287 e. The Kier molecular flexibility index (Phi) is 5.65. The fraction of sp³-hybridized carbons (Fsp3) is 0.636. The Labute approximate surface area is 101 Å². The summed E-state index contributed by atoms with van der Waals surface area (Å²) in [5.74, 6) is 5.27. The van der Waals surface area contributed by atoms with E-state index in [0.717, 1.165) is 25.9 Å². The Morgan fingerprint density at radius 1 is 1.47 bits per heavy atom. The van der Waals surface area contributed by atoms with Crippen molar-refractivity contribution in [3.8, 4) is 0 Å². The molecule has 0 bridgehead atoms. The zero-order valence-electron chi connectivity index (χ0n) is 10.4. The van der Waals surface area contributed by atoms with Gasteiger partial charge in [-0.25, -0.2) is 5.84 Å². The molecule has 0 aliphatic rings. The summed E-state index contributed by atoms with van der Waals surface area (Å²) in [6.45, 7) is 6.96. The Morgan fingerprint density at radius 2 is 2.12 bits per heavy atom. The molecule has 1 amide bonds. The lowest BCUT2D eigenvalue weighted by Gasteiger charge is -2.18. The molecular formula is C11H20N4O2. The van der Waals surface area contributed by atoms with Crippen molar-refractivity contribution in [2.75, 3.05) is 13.1 Å². The van der Waals surface area contributed by atoms with Crippen LogP contribution in [0.4, 0.5) is 0 Å². The fourth-order valence-electron chi connectivity index (χ4n) is 1.69. The van der Waals surface area contributed by atoms with Crippen molar-refractivity contribution >= 4 is 5.91 Å². The second-order valence-electron chi connectivity index (χ2n) is 3.93. The zero-order chi connectivity index (χ0) is 12.7. The van der Waals surface area contributed by atoms with Gasteiger partial charge in [-0.3, -0.25) is 15.1 Å². The molecule has 0 unspecified atom stereocenters. The summed E-state index contributed by atoms with van der Waals surface area (Å²) in [5, 5.41) is 3.67. The maximum Gasteiger partial charge on any atom is 0.287 e. The normalized spacial score (nSPS) is 10.8. The van der Waals surface area contributed by atoms with Crippen LogP contribution in [0.3, 0.4) is 0 Å². The van der Waals surface area contributed by atoms with Crippen LogP contribution in [-0.4, -0.2) is 29.1 Å². The lowest BCUT2D eigenvalue weighted by Crippen LogP contribution is -2.30. The number of rotatable bonds is 7. The molecule has 3 N–H and O–H groups in total. The second-order valence-corrected chi connectivity index (χ2v) is 3.93. The number of hydrazine groups is 1. The topological polar surface area (TPSA) is 84.4 Å². The molecule has 0 radical (unpaired) electrons. The molecule has 0 aliphatic carbocycles. The largest absolute Gasteiger partial charge is 0.359 e. The van der Waals surface area contributed by atoms with Gasteiger partial charge in [0.05, 0.1) is 6.54 Å². The number of carbonyl (C=O) groups excluding carboxylic acids is 1. The van der Waals surface area contributed by atoms with Gasteiger partial charge in [0.1, 0.15) is 0 Å². The van der Waals surface area contributed by atoms with Crippen LogP contribution < -0.4 is 11.3 Å². The Balaban J connectivity index is 2.60. The zero-order valence-corrected chi connectivity index (χ0v) is 10.4. The summed E-state index contributed by atoms with van der Waals surface area (Å²) in [4.78, 5) is 13.5. The van der Waals surface area contributed by atoms with Gasteiger partial charge in [-0.05, 0) is 25.9 Å². The van der Waals surface area contributed by atoms with E-state index in [4.69, 9.17) is 10.4 Å². The molecular weight excluding hydrogens is 220 g/mol. The lowest BCUT2D eigenvalue weighted by molar-refractivity contribution is 0.0944. The summed E-state index contributed by atoms with van der Waals surface area (Å²) < 4.78 is 5.10. The fourth-order valence-corrected chi connectivity index (χ4v) is 1.69. The van der Waals surface area contributed by atoms with Gasteiger partial charge >= 0.3 is 0 Å². The highest BCUT2D eigenvalue weighted by Crippen LogP contribution is 2.08. The summed E-state index contributed by atoms with van der Waals surface area (Å²) in [5.41, 5.74) is 2.24. The molecule has 1 heterocycles. The summed E-state index contributed by atoms with van der Waals surface area (Å²) in [6.07, 6.45) is 2.18. The van der Waals surface area contributed by atoms with Crippen molar-refractivity contribution < 1.29 is 9.32 Å². The molecule has 0 aliphatic heterocycles. The van der Waals surface area contributed by atoms with Gasteiger partial charge in [0.2, 0.25) is 0 Å². The number of nitrogen functional groups attached to an aromatic ring is 1. The third-order valence-electron chi connectivity index (χ3n) is 2.38. The standard InChI is InChI=1S/C11H20N4O2/c1-3-5-15(6-4-2)8-9-7-10(14-17-9)11(16)13-12/h7H,3-6,8,12H2,1-2H3,(H,13,16). The first-order valence-corrected chi connectivity index (χ1v) is 5.90. The van der Waals surface area contributed by atoms with E-state index in [1.165, 1.54) is 0 Å². The van der Waals surface area contributed by atoms with Gasteiger partial charge in [-0.2, -0.15) is 0 Å². The molecule has 1 rings (SSSR count). The van der Waals surface area contributed by atoms with Crippen molar-refractivity contribution in [1.82, 2.24) is 15.5 Å². The first-order chi connectivity index (χ1) is 8.21. The quantitative estimate of drug-likeness (QED) is 0.420. The van der Waals surface area contributed by atoms with E-state index in [0.29, 0.717) is 12.3 Å². The molecule has 0 saturated carbocycles. The highest BCUT2D eigenvalue weighted by Gasteiger charge is 2.13. The van der Waals surface area contributed by atoms with Crippen LogP contribution >= 0.6 is 0 Å². The maximum atomic E-state index is 11.2. The van der Waals surface area contributed by atoms with Crippen molar-refractivity contribution in [2.45, 2.75) is 33.2 Å². The summed E-state index contributed by atoms with van der Waals surface area (Å²) in [6, 6.07) is 1.63. The van der Waals surface area contributed by atoms with Gasteiger partial charge in [0.25, 0.3) is 5.91 Å². The first kappa shape index (κ1) is 13.7. The number of hydrogen-bond acceptors (Lipinski definition) is 5. The molecule has 0 aromatic carbocycles. The molecule has 0 fully saturated rings. The molecule has 96 valence electrons. The van der Waals surface area contributed by atoms with E-state index in [9.17, 15) is 4.79 Å². The highest BCUT2D eigenvalue weighted by molar-refractivity contribution is 5.91. The molecule has 1 aromatic rings. The second kappa shape index (κ2) is 7.03. The van der Waals surface area contributed by atoms with E-state index < -0.39 is 5.91 Å². The van der Waals surface area contributed by atoms with E-state index in [1.807, 2.05) is 5.43 Å². The Hall–Kier alpha value is -1.40. The van der Waals surface area contributed by atoms with Crippen LogP contribution in [0.2, 0.25) is 0 Å². The van der Waals surface area contributed by atoms with Crippen molar-refractivity contribution in [1.29, 1.82) is 0 Å². The van der Waals surface area contributed by atoms with Crippen LogP contribution in [0.15, 0.2) is 10.6 Å². The highest BCUT2D eigenvalue weighted by atomic mass is 16.5. The van der Waals surface area contributed by atoms with Crippen LogP contribution in [0.25, 0.3) is 0 Å². The van der Waals surface area contributed by atoms with Gasteiger partial charge in [-0.1, -0.05) is 19.0 Å². The molecule has 0 atom stereocenters.